The molecule has 1 aromatic carbocycles. The number of benzene rings is 1. The molecule has 164 valence electrons. The molecule has 3 rings (SSSR count). The van der Waals surface area contributed by atoms with Gasteiger partial charge in [-0.05, 0) is 19.9 Å². The van der Waals surface area contributed by atoms with E-state index < -0.39 is 0 Å². The number of amides is 1. The second kappa shape index (κ2) is 10.4. The van der Waals surface area contributed by atoms with Crippen LogP contribution in [0.1, 0.15) is 43.5 Å². The lowest BCUT2D eigenvalue weighted by Crippen LogP contribution is -2.30. The summed E-state index contributed by atoms with van der Waals surface area (Å²) in [5, 5.41) is 22.1. The highest BCUT2D eigenvalue weighted by atomic mass is 16.5. The van der Waals surface area contributed by atoms with Gasteiger partial charge in [0.2, 0.25) is 5.91 Å². The van der Waals surface area contributed by atoms with Crippen LogP contribution in [0.5, 0.6) is 11.5 Å². The average molecular weight is 418 g/mol. The Morgan fingerprint density at radius 2 is 2.13 bits per heavy atom. The fraction of sp³-hybridized carbons (Fsp3) is 0.571. The molecule has 0 bridgehead atoms. The number of phenolic OH excluding ortho intramolecular Hbond substituents is 1. The number of hydrogen-bond donors (Lipinski definition) is 2. The third-order valence-corrected chi connectivity index (χ3v) is 5.22. The molecule has 1 aliphatic heterocycles. The summed E-state index contributed by atoms with van der Waals surface area (Å²) in [6, 6.07) is 5.37. The van der Waals surface area contributed by atoms with Gasteiger partial charge in [-0.15, -0.1) is 10.2 Å². The number of fused-ring (bicyclic) bond motifs is 1. The normalized spacial score (nSPS) is 15.3. The number of nitrogens with one attached hydrogen (secondary N) is 1. The summed E-state index contributed by atoms with van der Waals surface area (Å²) in [6.07, 6.45) is 1.07. The van der Waals surface area contributed by atoms with Crippen molar-refractivity contribution in [1.29, 1.82) is 0 Å². The van der Waals surface area contributed by atoms with Crippen LogP contribution in [0.25, 0.3) is 0 Å². The van der Waals surface area contributed by atoms with Gasteiger partial charge in [0.1, 0.15) is 5.82 Å². The van der Waals surface area contributed by atoms with Crippen LogP contribution in [0.15, 0.2) is 18.2 Å². The minimum Gasteiger partial charge on any atom is -0.504 e. The molecule has 1 atom stereocenters. The van der Waals surface area contributed by atoms with Crippen molar-refractivity contribution in [2.24, 2.45) is 0 Å². The summed E-state index contributed by atoms with van der Waals surface area (Å²) in [4.78, 5) is 14.3. The number of carbonyl (C=O) groups excluding carboxylic acids is 1. The van der Waals surface area contributed by atoms with Crippen LogP contribution >= 0.6 is 0 Å². The van der Waals surface area contributed by atoms with E-state index in [1.54, 1.807) is 13.2 Å². The van der Waals surface area contributed by atoms with Crippen molar-refractivity contribution in [3.8, 4) is 11.5 Å². The van der Waals surface area contributed by atoms with Crippen LogP contribution < -0.4 is 10.1 Å². The molecule has 2 aromatic rings. The van der Waals surface area contributed by atoms with Gasteiger partial charge in [-0.25, -0.2) is 0 Å². The molecule has 1 aromatic heterocycles. The van der Waals surface area contributed by atoms with Crippen molar-refractivity contribution in [2.75, 3.05) is 33.4 Å². The molecule has 0 radical (unpaired) electrons. The molecular weight excluding hydrogens is 386 g/mol. The Kier molecular flexibility index (Phi) is 7.64. The van der Waals surface area contributed by atoms with E-state index in [1.165, 1.54) is 0 Å². The summed E-state index contributed by atoms with van der Waals surface area (Å²) in [7, 11) is 1.58. The molecule has 1 amide bonds. The standard InChI is InChI=1S/C21H31N5O4/c1-4-30-17-7-5-6-16(20(17)28)14-25-10-8-18-23-24-21(26(18)12-11-25)15(2)22-19(27)9-13-29-3/h5-7,15,28H,4,8-14H2,1-3H3,(H,22,27)/t15-/m0/s1. The molecule has 2 heterocycles. The van der Waals surface area contributed by atoms with Gasteiger partial charge in [0.15, 0.2) is 17.3 Å². The van der Waals surface area contributed by atoms with Crippen LogP contribution in [0.4, 0.5) is 0 Å². The largest absolute Gasteiger partial charge is 0.504 e. The zero-order valence-corrected chi connectivity index (χ0v) is 17.9. The van der Waals surface area contributed by atoms with Crippen molar-refractivity contribution in [2.45, 2.75) is 45.8 Å². The summed E-state index contributed by atoms with van der Waals surface area (Å²) >= 11 is 0. The number of ether oxygens (including phenoxy) is 2. The van der Waals surface area contributed by atoms with Crippen LogP contribution in [0.3, 0.4) is 0 Å². The Labute approximate surface area is 177 Å². The van der Waals surface area contributed by atoms with E-state index in [0.29, 0.717) is 31.9 Å². The van der Waals surface area contributed by atoms with Gasteiger partial charge in [-0.2, -0.15) is 0 Å². The lowest BCUT2D eigenvalue weighted by molar-refractivity contribution is -0.122. The van der Waals surface area contributed by atoms with E-state index in [2.05, 4.69) is 25.0 Å². The minimum absolute atomic E-state index is 0.0680. The SMILES string of the molecule is CCOc1cccc(CN2CCc3nnc([C@H](C)NC(=O)CCOC)n3CC2)c1O. The number of para-hydroxylation sites is 1. The van der Waals surface area contributed by atoms with Crippen LogP contribution in [0, 0.1) is 0 Å². The van der Waals surface area contributed by atoms with Gasteiger partial charge in [0, 0.05) is 51.7 Å². The maximum absolute atomic E-state index is 12.0. The third kappa shape index (κ3) is 5.28. The lowest BCUT2D eigenvalue weighted by Gasteiger charge is -2.21. The predicted molar refractivity (Wildman–Crippen MR) is 111 cm³/mol. The number of methoxy groups -OCH3 is 1. The van der Waals surface area contributed by atoms with E-state index in [1.807, 2.05) is 26.0 Å². The monoisotopic (exact) mass is 417 g/mol. The van der Waals surface area contributed by atoms with E-state index in [0.717, 1.165) is 43.3 Å². The second-order valence-electron chi connectivity index (χ2n) is 7.38. The molecule has 0 spiro atoms. The summed E-state index contributed by atoms with van der Waals surface area (Å²) in [6.45, 7) is 7.68. The van der Waals surface area contributed by atoms with E-state index in [9.17, 15) is 9.90 Å². The third-order valence-electron chi connectivity index (χ3n) is 5.22. The van der Waals surface area contributed by atoms with E-state index in [-0.39, 0.29) is 17.7 Å². The van der Waals surface area contributed by atoms with Gasteiger partial charge in [0.25, 0.3) is 0 Å². The van der Waals surface area contributed by atoms with Crippen LogP contribution in [-0.4, -0.2) is 64.1 Å². The number of carbonyl (C=O) groups is 1. The molecule has 0 aliphatic carbocycles. The van der Waals surface area contributed by atoms with Gasteiger partial charge in [0.05, 0.1) is 19.3 Å². The highest BCUT2D eigenvalue weighted by molar-refractivity contribution is 5.76. The first kappa shape index (κ1) is 22.0. The number of nitrogens with zero attached hydrogens (tertiary/aromatic N) is 4. The van der Waals surface area contributed by atoms with Crippen molar-refractivity contribution < 1.29 is 19.4 Å². The lowest BCUT2D eigenvalue weighted by atomic mass is 10.1. The van der Waals surface area contributed by atoms with Crippen molar-refractivity contribution in [3.63, 3.8) is 0 Å². The minimum atomic E-state index is -0.228. The van der Waals surface area contributed by atoms with Gasteiger partial charge < -0.3 is 24.5 Å². The first-order chi connectivity index (χ1) is 14.5. The van der Waals surface area contributed by atoms with Gasteiger partial charge in [-0.3, -0.25) is 9.69 Å². The maximum Gasteiger partial charge on any atom is 0.222 e. The predicted octanol–water partition coefficient (Wildman–Crippen LogP) is 1.65. The van der Waals surface area contributed by atoms with Crippen LogP contribution in [-0.2, 0) is 29.0 Å². The zero-order valence-electron chi connectivity index (χ0n) is 17.9. The molecular formula is C21H31N5O4. The van der Waals surface area contributed by atoms with E-state index in [4.69, 9.17) is 9.47 Å². The Hall–Kier alpha value is -2.65. The van der Waals surface area contributed by atoms with E-state index >= 15 is 0 Å². The molecule has 1 aliphatic rings. The number of hydrogen-bond acceptors (Lipinski definition) is 7. The quantitative estimate of drug-likeness (QED) is 0.640. The molecule has 2 N–H and O–H groups in total. The molecule has 0 unspecified atom stereocenters. The Morgan fingerprint density at radius 1 is 1.30 bits per heavy atom. The maximum atomic E-state index is 12.0. The second-order valence-corrected chi connectivity index (χ2v) is 7.38. The van der Waals surface area contributed by atoms with Crippen LogP contribution in [0.2, 0.25) is 0 Å². The first-order valence-corrected chi connectivity index (χ1v) is 10.4. The highest BCUT2D eigenvalue weighted by Gasteiger charge is 2.23. The summed E-state index contributed by atoms with van der Waals surface area (Å²) in [5.74, 6) is 2.33. The Bertz CT molecular complexity index is 854. The molecule has 30 heavy (non-hydrogen) atoms. The molecule has 0 saturated heterocycles. The van der Waals surface area contributed by atoms with Crippen molar-refractivity contribution in [1.82, 2.24) is 25.0 Å². The number of phenols is 1. The fourth-order valence-corrected chi connectivity index (χ4v) is 3.65. The fourth-order valence-electron chi connectivity index (χ4n) is 3.65. The number of aromatic hydroxyl groups is 1. The smallest absolute Gasteiger partial charge is 0.222 e. The molecule has 0 fully saturated rings. The zero-order chi connectivity index (χ0) is 21.5. The van der Waals surface area contributed by atoms with Gasteiger partial charge >= 0.3 is 0 Å². The first-order valence-electron chi connectivity index (χ1n) is 10.4. The molecule has 9 nitrogen and oxygen atoms in total. The number of aromatic nitrogens is 3. The molecule has 9 heteroatoms. The summed E-state index contributed by atoms with van der Waals surface area (Å²) in [5.41, 5.74) is 0.845. The topological polar surface area (TPSA) is 102 Å². The average Bonchev–Trinajstić information content (AvgIpc) is 3.04. The van der Waals surface area contributed by atoms with Crippen molar-refractivity contribution in [3.05, 3.63) is 35.4 Å². The van der Waals surface area contributed by atoms with Crippen molar-refractivity contribution >= 4 is 5.91 Å². The number of rotatable bonds is 9. The van der Waals surface area contributed by atoms with Gasteiger partial charge in [-0.1, -0.05) is 12.1 Å². The molecule has 0 saturated carbocycles. The Morgan fingerprint density at radius 3 is 2.90 bits per heavy atom. The highest BCUT2D eigenvalue weighted by Crippen LogP contribution is 2.31. The summed E-state index contributed by atoms with van der Waals surface area (Å²) < 4.78 is 12.5. The Balaban J connectivity index is 1.64.